The van der Waals surface area contributed by atoms with Gasteiger partial charge in [0, 0.05) is 6.54 Å². The summed E-state index contributed by atoms with van der Waals surface area (Å²) in [5.41, 5.74) is 0.224. The van der Waals surface area contributed by atoms with Crippen LogP contribution in [0.25, 0.3) is 0 Å². The molecule has 0 saturated heterocycles. The lowest BCUT2D eigenvalue weighted by atomic mass is 9.83. The molecule has 2 heteroatoms. The Morgan fingerprint density at radius 3 is 2.29 bits per heavy atom. The van der Waals surface area contributed by atoms with E-state index >= 15 is 0 Å². The molecule has 0 amide bonds. The van der Waals surface area contributed by atoms with Gasteiger partial charge < -0.3 is 10.4 Å². The summed E-state index contributed by atoms with van der Waals surface area (Å²) in [6, 6.07) is 0. The predicted molar refractivity (Wildman–Crippen MR) is 74.1 cm³/mol. The van der Waals surface area contributed by atoms with Gasteiger partial charge in [-0.15, -0.1) is 0 Å². The van der Waals surface area contributed by atoms with E-state index in [9.17, 15) is 5.11 Å². The van der Waals surface area contributed by atoms with E-state index in [2.05, 4.69) is 33.0 Å². The van der Waals surface area contributed by atoms with E-state index in [1.54, 1.807) is 0 Å². The maximum Gasteiger partial charge on any atom is 0.0669 e. The second-order valence-electron chi connectivity index (χ2n) is 7.20. The largest absolute Gasteiger partial charge is 0.392 e. The normalized spacial score (nSPS) is 28.1. The van der Waals surface area contributed by atoms with E-state index < -0.39 is 0 Å². The molecule has 0 aliphatic heterocycles. The molecule has 1 fully saturated rings. The topological polar surface area (TPSA) is 32.3 Å². The monoisotopic (exact) mass is 241 g/mol. The van der Waals surface area contributed by atoms with Crippen LogP contribution in [0.3, 0.4) is 0 Å². The van der Waals surface area contributed by atoms with Crippen LogP contribution in [-0.2, 0) is 0 Å². The standard InChI is InChI=1S/C15H31NO/c1-12-5-7-13(8-6-12)10-16-11-14(17)9-15(2,3)4/h12-14,16-17H,5-11H2,1-4H3. The molecule has 0 spiro atoms. The fourth-order valence-corrected chi connectivity index (χ4v) is 2.77. The van der Waals surface area contributed by atoms with Crippen molar-refractivity contribution in [3.05, 3.63) is 0 Å². The summed E-state index contributed by atoms with van der Waals surface area (Å²) >= 11 is 0. The molecule has 0 bridgehead atoms. The fraction of sp³-hybridized carbons (Fsp3) is 1.00. The highest BCUT2D eigenvalue weighted by molar-refractivity contribution is 4.74. The molecule has 1 aliphatic carbocycles. The van der Waals surface area contributed by atoms with E-state index in [1.807, 2.05) is 0 Å². The molecule has 1 aliphatic rings. The average Bonchev–Trinajstić information content (AvgIpc) is 2.18. The predicted octanol–water partition coefficient (Wildman–Crippen LogP) is 3.20. The zero-order valence-corrected chi connectivity index (χ0v) is 12.1. The molecule has 1 saturated carbocycles. The van der Waals surface area contributed by atoms with Crippen LogP contribution < -0.4 is 5.32 Å². The lowest BCUT2D eigenvalue weighted by Crippen LogP contribution is -2.34. The molecule has 0 aromatic rings. The van der Waals surface area contributed by atoms with Crippen LogP contribution in [0.2, 0.25) is 0 Å². The summed E-state index contributed by atoms with van der Waals surface area (Å²) in [5.74, 6) is 1.77. The van der Waals surface area contributed by atoms with Crippen molar-refractivity contribution in [2.75, 3.05) is 13.1 Å². The minimum atomic E-state index is -0.197. The van der Waals surface area contributed by atoms with Gasteiger partial charge in [-0.1, -0.05) is 40.5 Å². The number of aliphatic hydroxyl groups excluding tert-OH is 1. The van der Waals surface area contributed by atoms with Gasteiger partial charge in [-0.05, 0) is 43.1 Å². The van der Waals surface area contributed by atoms with Crippen LogP contribution in [0.15, 0.2) is 0 Å². The third kappa shape index (κ3) is 7.05. The Kier molecular flexibility index (Phi) is 5.94. The quantitative estimate of drug-likeness (QED) is 0.775. The number of hydrogen-bond donors (Lipinski definition) is 2. The van der Waals surface area contributed by atoms with Crippen molar-refractivity contribution in [3.63, 3.8) is 0 Å². The Morgan fingerprint density at radius 1 is 1.18 bits per heavy atom. The highest BCUT2D eigenvalue weighted by atomic mass is 16.3. The van der Waals surface area contributed by atoms with Crippen molar-refractivity contribution in [3.8, 4) is 0 Å². The van der Waals surface area contributed by atoms with E-state index in [-0.39, 0.29) is 11.5 Å². The van der Waals surface area contributed by atoms with Crippen LogP contribution in [0.4, 0.5) is 0 Å². The van der Waals surface area contributed by atoms with Crippen molar-refractivity contribution in [1.82, 2.24) is 5.32 Å². The number of hydrogen-bond acceptors (Lipinski definition) is 2. The lowest BCUT2D eigenvalue weighted by Gasteiger charge is -2.27. The zero-order chi connectivity index (χ0) is 12.9. The van der Waals surface area contributed by atoms with Gasteiger partial charge in [-0.25, -0.2) is 0 Å². The highest BCUT2D eigenvalue weighted by Crippen LogP contribution is 2.27. The Balaban J connectivity index is 2.07. The molecule has 17 heavy (non-hydrogen) atoms. The molecule has 0 aromatic heterocycles. The van der Waals surface area contributed by atoms with Gasteiger partial charge in [-0.2, -0.15) is 0 Å². The van der Waals surface area contributed by atoms with Crippen LogP contribution >= 0.6 is 0 Å². The number of nitrogens with one attached hydrogen (secondary N) is 1. The van der Waals surface area contributed by atoms with Gasteiger partial charge >= 0.3 is 0 Å². The summed E-state index contributed by atoms with van der Waals surface area (Å²) in [5, 5.41) is 13.3. The fourth-order valence-electron chi connectivity index (χ4n) is 2.77. The van der Waals surface area contributed by atoms with Crippen LogP contribution in [0, 0.1) is 17.3 Å². The minimum Gasteiger partial charge on any atom is -0.392 e. The Labute approximate surface area is 107 Å². The second-order valence-corrected chi connectivity index (χ2v) is 7.20. The van der Waals surface area contributed by atoms with Crippen molar-refractivity contribution >= 4 is 0 Å². The third-order valence-electron chi connectivity index (χ3n) is 3.80. The van der Waals surface area contributed by atoms with Crippen LogP contribution in [0.5, 0.6) is 0 Å². The summed E-state index contributed by atoms with van der Waals surface area (Å²) in [4.78, 5) is 0. The van der Waals surface area contributed by atoms with E-state index in [1.165, 1.54) is 25.7 Å². The molecule has 102 valence electrons. The highest BCUT2D eigenvalue weighted by Gasteiger charge is 2.19. The van der Waals surface area contributed by atoms with Gasteiger partial charge in [0.05, 0.1) is 6.10 Å². The molecule has 1 unspecified atom stereocenters. The van der Waals surface area contributed by atoms with Crippen molar-refractivity contribution in [2.24, 2.45) is 17.3 Å². The average molecular weight is 241 g/mol. The van der Waals surface area contributed by atoms with Crippen molar-refractivity contribution in [2.45, 2.75) is 65.9 Å². The molecule has 2 N–H and O–H groups in total. The van der Waals surface area contributed by atoms with Crippen molar-refractivity contribution < 1.29 is 5.11 Å². The maximum absolute atomic E-state index is 9.89. The molecular weight excluding hydrogens is 210 g/mol. The first-order valence-corrected chi connectivity index (χ1v) is 7.25. The lowest BCUT2D eigenvalue weighted by molar-refractivity contribution is 0.117. The zero-order valence-electron chi connectivity index (χ0n) is 12.1. The van der Waals surface area contributed by atoms with Gasteiger partial charge in [0.1, 0.15) is 0 Å². The molecular formula is C15H31NO. The molecule has 2 nitrogen and oxygen atoms in total. The van der Waals surface area contributed by atoms with E-state index in [4.69, 9.17) is 0 Å². The maximum atomic E-state index is 9.89. The molecule has 0 heterocycles. The van der Waals surface area contributed by atoms with E-state index in [0.717, 1.165) is 31.3 Å². The van der Waals surface area contributed by atoms with Crippen LogP contribution in [-0.4, -0.2) is 24.3 Å². The number of aliphatic hydroxyl groups is 1. The summed E-state index contributed by atoms with van der Waals surface area (Å²) in [7, 11) is 0. The third-order valence-corrected chi connectivity index (χ3v) is 3.80. The Hall–Kier alpha value is -0.0800. The molecule has 1 atom stereocenters. The van der Waals surface area contributed by atoms with E-state index in [0.29, 0.717) is 0 Å². The Morgan fingerprint density at radius 2 is 1.76 bits per heavy atom. The minimum absolute atomic E-state index is 0.197. The smallest absolute Gasteiger partial charge is 0.0669 e. The first kappa shape index (κ1) is 15.0. The van der Waals surface area contributed by atoms with Crippen molar-refractivity contribution in [1.29, 1.82) is 0 Å². The molecule has 0 radical (unpaired) electrons. The first-order chi connectivity index (χ1) is 7.87. The number of rotatable bonds is 5. The van der Waals surface area contributed by atoms with Gasteiger partial charge in [0.15, 0.2) is 0 Å². The summed E-state index contributed by atoms with van der Waals surface area (Å²) in [6.45, 7) is 10.7. The Bertz CT molecular complexity index is 201. The molecule has 0 aromatic carbocycles. The summed E-state index contributed by atoms with van der Waals surface area (Å²) in [6.07, 6.45) is 6.18. The molecule has 1 rings (SSSR count). The van der Waals surface area contributed by atoms with Gasteiger partial charge in [0.2, 0.25) is 0 Å². The second kappa shape index (κ2) is 6.75. The first-order valence-electron chi connectivity index (χ1n) is 7.25. The van der Waals surface area contributed by atoms with Crippen LogP contribution in [0.1, 0.15) is 59.8 Å². The SMILES string of the molecule is CC1CCC(CNCC(O)CC(C)(C)C)CC1. The van der Waals surface area contributed by atoms with Gasteiger partial charge in [0.25, 0.3) is 0 Å². The summed E-state index contributed by atoms with van der Waals surface area (Å²) < 4.78 is 0. The van der Waals surface area contributed by atoms with Gasteiger partial charge in [-0.3, -0.25) is 0 Å².